The van der Waals surface area contributed by atoms with Crippen molar-refractivity contribution in [2.75, 3.05) is 18.4 Å². The van der Waals surface area contributed by atoms with E-state index in [2.05, 4.69) is 20.6 Å². The molecule has 9 heteroatoms. The molecule has 2 aromatic rings. The van der Waals surface area contributed by atoms with Crippen molar-refractivity contribution >= 4 is 17.5 Å². The van der Waals surface area contributed by atoms with Crippen molar-refractivity contribution < 1.29 is 9.72 Å². The zero-order valence-electron chi connectivity index (χ0n) is 10.8. The van der Waals surface area contributed by atoms with Gasteiger partial charge < -0.3 is 20.2 Å². The first-order valence-corrected chi connectivity index (χ1v) is 5.90. The molecule has 2 heterocycles. The molecule has 0 radical (unpaired) electrons. The van der Waals surface area contributed by atoms with E-state index in [0.717, 1.165) is 0 Å². The van der Waals surface area contributed by atoms with Gasteiger partial charge in [-0.05, 0) is 0 Å². The van der Waals surface area contributed by atoms with Crippen molar-refractivity contribution in [2.45, 2.75) is 0 Å². The molecule has 0 saturated carbocycles. The number of nitrogens with one attached hydrogen (secondary N) is 3. The van der Waals surface area contributed by atoms with Gasteiger partial charge in [-0.2, -0.15) is 0 Å². The van der Waals surface area contributed by atoms with Gasteiger partial charge in [-0.15, -0.1) is 0 Å². The van der Waals surface area contributed by atoms with Crippen LogP contribution in [0.1, 0.15) is 10.5 Å². The Labute approximate surface area is 114 Å². The molecule has 106 valence electrons. The van der Waals surface area contributed by atoms with E-state index < -0.39 is 4.92 Å². The monoisotopic (exact) mass is 278 g/mol. The third kappa shape index (κ3) is 3.13. The molecule has 0 saturated heterocycles. The number of rotatable bonds is 6. The van der Waals surface area contributed by atoms with Crippen molar-refractivity contribution in [3.63, 3.8) is 0 Å². The summed E-state index contributed by atoms with van der Waals surface area (Å²) in [6.45, 7) is 0.865. The van der Waals surface area contributed by atoms with Crippen LogP contribution in [0, 0.1) is 10.1 Å². The van der Waals surface area contributed by atoms with E-state index in [4.69, 9.17) is 0 Å². The highest BCUT2D eigenvalue weighted by atomic mass is 16.6. The molecule has 0 aliphatic heterocycles. The molecule has 0 spiro atoms. The Morgan fingerprint density at radius 3 is 2.95 bits per heavy atom. The third-order valence-corrected chi connectivity index (χ3v) is 2.64. The molecule has 0 aliphatic rings. The van der Waals surface area contributed by atoms with Gasteiger partial charge in [0.25, 0.3) is 11.6 Å². The standard InChI is InChI=1S/C11H14N6O3/c1-16-7-8(17(19)20)6-9(16)10(18)12-2-3-13-11-14-4-5-15-11/h4-7H,2-3H2,1H3,(H,12,18)(H2,13,14,15). The van der Waals surface area contributed by atoms with Gasteiger partial charge in [-0.25, -0.2) is 4.98 Å². The van der Waals surface area contributed by atoms with E-state index >= 15 is 0 Å². The van der Waals surface area contributed by atoms with E-state index in [1.54, 1.807) is 19.4 Å². The van der Waals surface area contributed by atoms with E-state index in [0.29, 0.717) is 19.0 Å². The fourth-order valence-electron chi connectivity index (χ4n) is 1.68. The summed E-state index contributed by atoms with van der Waals surface area (Å²) >= 11 is 0. The second-order valence-corrected chi connectivity index (χ2v) is 4.07. The number of carbonyl (C=O) groups excluding carboxylic acids is 1. The molecular formula is C11H14N6O3. The number of imidazole rings is 1. The molecule has 0 fully saturated rings. The van der Waals surface area contributed by atoms with Crippen LogP contribution < -0.4 is 10.6 Å². The highest BCUT2D eigenvalue weighted by Gasteiger charge is 2.16. The van der Waals surface area contributed by atoms with E-state index in [1.807, 2.05) is 0 Å². The number of hydrogen-bond donors (Lipinski definition) is 3. The minimum absolute atomic E-state index is 0.105. The lowest BCUT2D eigenvalue weighted by atomic mass is 10.4. The van der Waals surface area contributed by atoms with Crippen LogP contribution in [-0.4, -0.2) is 38.5 Å². The first-order valence-electron chi connectivity index (χ1n) is 5.90. The van der Waals surface area contributed by atoms with Gasteiger partial charge >= 0.3 is 0 Å². The highest BCUT2D eigenvalue weighted by Crippen LogP contribution is 2.14. The summed E-state index contributed by atoms with van der Waals surface area (Å²) in [6.07, 6.45) is 4.60. The second kappa shape index (κ2) is 5.87. The lowest BCUT2D eigenvalue weighted by Gasteiger charge is -2.06. The number of nitrogens with zero attached hydrogens (tertiary/aromatic N) is 3. The summed E-state index contributed by atoms with van der Waals surface area (Å²) in [5, 5.41) is 16.3. The Morgan fingerprint density at radius 1 is 1.55 bits per heavy atom. The first-order chi connectivity index (χ1) is 9.58. The quantitative estimate of drug-likeness (QED) is 0.404. The summed E-state index contributed by atoms with van der Waals surface area (Å²) in [7, 11) is 1.59. The van der Waals surface area contributed by atoms with Gasteiger partial charge in [-0.1, -0.05) is 0 Å². The Morgan fingerprint density at radius 2 is 2.35 bits per heavy atom. The van der Waals surface area contributed by atoms with Crippen LogP contribution >= 0.6 is 0 Å². The number of anilines is 1. The van der Waals surface area contributed by atoms with Gasteiger partial charge in [0.1, 0.15) is 5.69 Å². The zero-order valence-corrected chi connectivity index (χ0v) is 10.8. The minimum Gasteiger partial charge on any atom is -0.354 e. The Kier molecular flexibility index (Phi) is 3.99. The number of aromatic amines is 1. The molecule has 0 unspecified atom stereocenters. The largest absolute Gasteiger partial charge is 0.354 e. The van der Waals surface area contributed by atoms with Crippen LogP contribution in [0.2, 0.25) is 0 Å². The highest BCUT2D eigenvalue weighted by molar-refractivity contribution is 5.93. The fourth-order valence-corrected chi connectivity index (χ4v) is 1.68. The van der Waals surface area contributed by atoms with Gasteiger partial charge in [-0.3, -0.25) is 14.9 Å². The SMILES string of the molecule is Cn1cc([N+](=O)[O-])cc1C(=O)NCCNc1ncc[nH]1. The molecule has 0 aliphatic carbocycles. The number of aromatic nitrogens is 3. The molecule has 0 aromatic carbocycles. The summed E-state index contributed by atoms with van der Waals surface area (Å²) in [4.78, 5) is 28.8. The van der Waals surface area contributed by atoms with Gasteiger partial charge in [0.2, 0.25) is 0 Å². The number of hydrogen-bond acceptors (Lipinski definition) is 5. The maximum absolute atomic E-state index is 11.9. The van der Waals surface area contributed by atoms with Crippen LogP contribution in [0.25, 0.3) is 0 Å². The van der Waals surface area contributed by atoms with Crippen molar-refractivity contribution in [3.05, 3.63) is 40.5 Å². The lowest BCUT2D eigenvalue weighted by molar-refractivity contribution is -0.384. The average molecular weight is 278 g/mol. The van der Waals surface area contributed by atoms with Crippen molar-refractivity contribution in [2.24, 2.45) is 7.05 Å². The predicted molar refractivity (Wildman–Crippen MR) is 71.5 cm³/mol. The van der Waals surface area contributed by atoms with Crippen LogP contribution in [0.5, 0.6) is 0 Å². The zero-order chi connectivity index (χ0) is 14.5. The number of carbonyl (C=O) groups is 1. The number of amides is 1. The van der Waals surface area contributed by atoms with E-state index in [1.165, 1.54) is 16.8 Å². The van der Waals surface area contributed by atoms with Gasteiger partial charge in [0, 0.05) is 38.6 Å². The van der Waals surface area contributed by atoms with Crippen molar-refractivity contribution in [3.8, 4) is 0 Å². The Bertz CT molecular complexity index is 604. The Balaban J connectivity index is 1.84. The maximum Gasteiger partial charge on any atom is 0.287 e. The molecule has 20 heavy (non-hydrogen) atoms. The average Bonchev–Trinajstić information content (AvgIpc) is 3.03. The summed E-state index contributed by atoms with van der Waals surface area (Å²) in [5.41, 5.74) is 0.140. The number of H-pyrrole nitrogens is 1. The molecule has 0 bridgehead atoms. The fraction of sp³-hybridized carbons (Fsp3) is 0.273. The normalized spacial score (nSPS) is 10.2. The van der Waals surface area contributed by atoms with E-state index in [9.17, 15) is 14.9 Å². The van der Waals surface area contributed by atoms with E-state index in [-0.39, 0.29) is 17.3 Å². The van der Waals surface area contributed by atoms with Crippen LogP contribution in [0.4, 0.5) is 11.6 Å². The molecule has 3 N–H and O–H groups in total. The molecule has 0 atom stereocenters. The van der Waals surface area contributed by atoms with Crippen LogP contribution in [0.15, 0.2) is 24.7 Å². The molecule has 1 amide bonds. The maximum atomic E-state index is 11.9. The second-order valence-electron chi connectivity index (χ2n) is 4.07. The summed E-state index contributed by atoms with van der Waals surface area (Å²) < 4.78 is 1.42. The molecular weight excluding hydrogens is 264 g/mol. The van der Waals surface area contributed by atoms with Crippen LogP contribution in [0.3, 0.4) is 0 Å². The topological polar surface area (TPSA) is 118 Å². The van der Waals surface area contributed by atoms with Crippen LogP contribution in [-0.2, 0) is 7.05 Å². The number of nitro groups is 1. The lowest BCUT2D eigenvalue weighted by Crippen LogP contribution is -2.30. The minimum atomic E-state index is -0.532. The van der Waals surface area contributed by atoms with Crippen molar-refractivity contribution in [1.82, 2.24) is 19.9 Å². The Hall–Kier alpha value is -2.84. The van der Waals surface area contributed by atoms with Gasteiger partial charge in [0.05, 0.1) is 11.1 Å². The van der Waals surface area contributed by atoms with Gasteiger partial charge in [0.15, 0.2) is 5.95 Å². The predicted octanol–water partition coefficient (Wildman–Crippen LogP) is 0.498. The third-order valence-electron chi connectivity index (χ3n) is 2.64. The summed E-state index contributed by atoms with van der Waals surface area (Å²) in [6, 6.07) is 1.25. The summed E-state index contributed by atoms with van der Waals surface area (Å²) in [5.74, 6) is 0.260. The molecule has 9 nitrogen and oxygen atoms in total. The number of aryl methyl sites for hydroxylation is 1. The van der Waals surface area contributed by atoms with Crippen molar-refractivity contribution in [1.29, 1.82) is 0 Å². The smallest absolute Gasteiger partial charge is 0.287 e. The first kappa shape index (κ1) is 13.6. The molecule has 2 aromatic heterocycles. The molecule has 2 rings (SSSR count).